The molecule has 0 aliphatic heterocycles. The Morgan fingerprint density at radius 3 is 1.89 bits per heavy atom. The zero-order chi connectivity index (χ0) is 13.8. The third kappa shape index (κ3) is 3.35. The first-order valence-corrected chi connectivity index (χ1v) is 6.16. The van der Waals surface area contributed by atoms with Crippen molar-refractivity contribution in [3.05, 3.63) is 54.1 Å². The van der Waals surface area contributed by atoms with E-state index in [9.17, 15) is 9.90 Å². The average molecular weight is 256 g/mol. The Kier molecular flexibility index (Phi) is 3.85. The zero-order valence-electron chi connectivity index (χ0n) is 11.0. The molecule has 0 atom stereocenters. The Labute approximate surface area is 112 Å². The molecule has 0 fully saturated rings. The van der Waals surface area contributed by atoms with E-state index >= 15 is 0 Å². The van der Waals surface area contributed by atoms with E-state index in [1.165, 1.54) is 0 Å². The standard InChI is InChI=1S/C16H16O3/c1-11(2)19-16(18)14-5-3-12(4-6-14)13-7-9-15(17)10-8-13/h3-11,17H,1-2H3. The molecule has 3 heteroatoms. The van der Waals surface area contributed by atoms with Gasteiger partial charge in [0.25, 0.3) is 0 Å². The molecule has 2 aromatic carbocycles. The van der Waals surface area contributed by atoms with Gasteiger partial charge in [0, 0.05) is 0 Å². The topological polar surface area (TPSA) is 46.5 Å². The molecule has 0 spiro atoms. The molecular weight excluding hydrogens is 240 g/mol. The molecule has 0 heterocycles. The van der Waals surface area contributed by atoms with E-state index in [4.69, 9.17) is 4.74 Å². The number of aromatic hydroxyl groups is 1. The highest BCUT2D eigenvalue weighted by atomic mass is 16.5. The summed E-state index contributed by atoms with van der Waals surface area (Å²) >= 11 is 0. The largest absolute Gasteiger partial charge is 0.508 e. The van der Waals surface area contributed by atoms with Crippen molar-refractivity contribution in [3.63, 3.8) is 0 Å². The van der Waals surface area contributed by atoms with Crippen LogP contribution in [0, 0.1) is 0 Å². The van der Waals surface area contributed by atoms with E-state index in [0.29, 0.717) is 5.56 Å². The van der Waals surface area contributed by atoms with Crippen molar-refractivity contribution in [1.29, 1.82) is 0 Å². The summed E-state index contributed by atoms with van der Waals surface area (Å²) in [5.74, 6) is -0.0758. The van der Waals surface area contributed by atoms with Crippen molar-refractivity contribution >= 4 is 5.97 Å². The lowest BCUT2D eigenvalue weighted by atomic mass is 10.0. The van der Waals surface area contributed by atoms with Gasteiger partial charge in [-0.1, -0.05) is 24.3 Å². The lowest BCUT2D eigenvalue weighted by Gasteiger charge is -2.08. The first-order chi connectivity index (χ1) is 9.06. The molecule has 19 heavy (non-hydrogen) atoms. The average Bonchev–Trinajstić information content (AvgIpc) is 2.39. The van der Waals surface area contributed by atoms with Gasteiger partial charge in [-0.3, -0.25) is 0 Å². The Morgan fingerprint density at radius 2 is 1.42 bits per heavy atom. The summed E-state index contributed by atoms with van der Waals surface area (Å²) in [6, 6.07) is 14.1. The smallest absolute Gasteiger partial charge is 0.338 e. The Balaban J connectivity index is 2.18. The van der Waals surface area contributed by atoms with Gasteiger partial charge >= 0.3 is 5.97 Å². The van der Waals surface area contributed by atoms with Gasteiger partial charge in [0.05, 0.1) is 11.7 Å². The number of carbonyl (C=O) groups excluding carboxylic acids is 1. The Bertz CT molecular complexity index is 554. The molecule has 0 amide bonds. The molecule has 3 nitrogen and oxygen atoms in total. The molecule has 0 unspecified atom stereocenters. The summed E-state index contributed by atoms with van der Waals surface area (Å²) in [6.45, 7) is 3.64. The minimum atomic E-state index is -0.313. The van der Waals surface area contributed by atoms with Gasteiger partial charge in [-0.25, -0.2) is 4.79 Å². The maximum absolute atomic E-state index is 11.7. The fourth-order valence-electron chi connectivity index (χ4n) is 1.73. The number of rotatable bonds is 3. The normalized spacial score (nSPS) is 10.5. The van der Waals surface area contributed by atoms with Crippen LogP contribution >= 0.6 is 0 Å². The summed E-state index contributed by atoms with van der Waals surface area (Å²) in [5, 5.41) is 9.24. The second-order valence-corrected chi connectivity index (χ2v) is 4.58. The number of phenolic OH excluding ortho intramolecular Hbond substituents is 1. The number of hydrogen-bond donors (Lipinski definition) is 1. The van der Waals surface area contributed by atoms with Crippen LogP contribution in [0.2, 0.25) is 0 Å². The predicted molar refractivity (Wildman–Crippen MR) is 74.1 cm³/mol. The van der Waals surface area contributed by atoms with Crippen molar-refractivity contribution < 1.29 is 14.6 Å². The van der Waals surface area contributed by atoms with E-state index in [2.05, 4.69) is 0 Å². The highest BCUT2D eigenvalue weighted by Crippen LogP contribution is 2.22. The van der Waals surface area contributed by atoms with Crippen LogP contribution in [-0.4, -0.2) is 17.2 Å². The first-order valence-electron chi connectivity index (χ1n) is 6.16. The van der Waals surface area contributed by atoms with E-state index in [1.807, 2.05) is 38.1 Å². The minimum absolute atomic E-state index is 0.121. The summed E-state index contributed by atoms with van der Waals surface area (Å²) in [6.07, 6.45) is -0.121. The van der Waals surface area contributed by atoms with Gasteiger partial charge in [-0.15, -0.1) is 0 Å². The van der Waals surface area contributed by atoms with Gasteiger partial charge in [0.2, 0.25) is 0 Å². The van der Waals surface area contributed by atoms with Crippen molar-refractivity contribution in [2.24, 2.45) is 0 Å². The summed E-state index contributed by atoms with van der Waals surface area (Å²) in [5.41, 5.74) is 2.51. The molecule has 0 aliphatic carbocycles. The van der Waals surface area contributed by atoms with Gasteiger partial charge in [0.1, 0.15) is 5.75 Å². The number of esters is 1. The summed E-state index contributed by atoms with van der Waals surface area (Å²) in [7, 11) is 0. The number of benzene rings is 2. The van der Waals surface area contributed by atoms with E-state index in [0.717, 1.165) is 11.1 Å². The fraction of sp³-hybridized carbons (Fsp3) is 0.188. The van der Waals surface area contributed by atoms with Gasteiger partial charge in [0.15, 0.2) is 0 Å². The number of carbonyl (C=O) groups is 1. The van der Waals surface area contributed by atoms with Crippen molar-refractivity contribution in [1.82, 2.24) is 0 Å². The van der Waals surface area contributed by atoms with Crippen LogP contribution in [-0.2, 0) is 4.74 Å². The van der Waals surface area contributed by atoms with Gasteiger partial charge in [-0.05, 0) is 49.2 Å². The molecule has 0 radical (unpaired) electrons. The highest BCUT2D eigenvalue weighted by molar-refractivity contribution is 5.90. The van der Waals surface area contributed by atoms with Gasteiger partial charge in [-0.2, -0.15) is 0 Å². The SMILES string of the molecule is CC(C)OC(=O)c1ccc(-c2ccc(O)cc2)cc1. The van der Waals surface area contributed by atoms with E-state index in [-0.39, 0.29) is 17.8 Å². The lowest BCUT2D eigenvalue weighted by molar-refractivity contribution is 0.0378. The van der Waals surface area contributed by atoms with Gasteiger partial charge < -0.3 is 9.84 Å². The van der Waals surface area contributed by atoms with E-state index in [1.54, 1.807) is 24.3 Å². The molecule has 2 aromatic rings. The molecule has 0 saturated carbocycles. The third-order valence-corrected chi connectivity index (χ3v) is 2.66. The van der Waals surface area contributed by atoms with Crippen LogP contribution < -0.4 is 0 Å². The van der Waals surface area contributed by atoms with Crippen LogP contribution in [0.1, 0.15) is 24.2 Å². The van der Waals surface area contributed by atoms with Crippen molar-refractivity contribution in [2.75, 3.05) is 0 Å². The predicted octanol–water partition coefficient (Wildman–Crippen LogP) is 3.62. The van der Waals surface area contributed by atoms with Crippen LogP contribution in [0.25, 0.3) is 11.1 Å². The highest BCUT2D eigenvalue weighted by Gasteiger charge is 2.09. The van der Waals surface area contributed by atoms with Crippen LogP contribution in [0.4, 0.5) is 0 Å². The summed E-state index contributed by atoms with van der Waals surface area (Å²) in [4.78, 5) is 11.7. The van der Waals surface area contributed by atoms with Crippen molar-refractivity contribution in [3.8, 4) is 16.9 Å². The Hall–Kier alpha value is -2.29. The maximum Gasteiger partial charge on any atom is 0.338 e. The Morgan fingerprint density at radius 1 is 0.947 bits per heavy atom. The molecule has 98 valence electrons. The molecule has 1 N–H and O–H groups in total. The quantitative estimate of drug-likeness (QED) is 0.853. The number of phenols is 1. The molecule has 0 aliphatic rings. The second-order valence-electron chi connectivity index (χ2n) is 4.58. The minimum Gasteiger partial charge on any atom is -0.508 e. The molecule has 2 rings (SSSR count). The second kappa shape index (κ2) is 5.57. The van der Waals surface area contributed by atoms with E-state index < -0.39 is 0 Å². The third-order valence-electron chi connectivity index (χ3n) is 2.66. The van der Waals surface area contributed by atoms with Crippen LogP contribution in [0.15, 0.2) is 48.5 Å². The van der Waals surface area contributed by atoms with Crippen LogP contribution in [0.5, 0.6) is 5.75 Å². The molecule has 0 aromatic heterocycles. The fourth-order valence-corrected chi connectivity index (χ4v) is 1.73. The first kappa shape index (κ1) is 13.1. The van der Waals surface area contributed by atoms with Crippen molar-refractivity contribution in [2.45, 2.75) is 20.0 Å². The maximum atomic E-state index is 11.7. The lowest BCUT2D eigenvalue weighted by Crippen LogP contribution is -2.11. The monoisotopic (exact) mass is 256 g/mol. The number of hydrogen-bond acceptors (Lipinski definition) is 3. The molecular formula is C16H16O3. The molecule has 0 saturated heterocycles. The van der Waals surface area contributed by atoms with Crippen LogP contribution in [0.3, 0.4) is 0 Å². The number of ether oxygens (including phenoxy) is 1. The summed E-state index contributed by atoms with van der Waals surface area (Å²) < 4.78 is 5.13. The molecule has 0 bridgehead atoms. The zero-order valence-corrected chi connectivity index (χ0v) is 11.0.